The average Bonchev–Trinajstić information content (AvgIpc) is 0.994. The second-order valence-electron chi connectivity index (χ2n) is 30.9. The monoisotopic (exact) mass is 1320 g/mol. The third-order valence-corrected chi connectivity index (χ3v) is 14.0. The fourth-order valence-electron chi connectivity index (χ4n) is 9.69. The second kappa shape index (κ2) is 54.9. The smallest absolute Gasteiger partial charge is 0.850 e. The van der Waals surface area contributed by atoms with Crippen LogP contribution < -0.4 is 56.5 Å². The Morgan fingerprint density at radius 2 is 0.549 bits per heavy atom. The van der Waals surface area contributed by atoms with Crippen molar-refractivity contribution in [2.45, 2.75) is 409 Å². The molecule has 0 aliphatic carbocycles. The van der Waals surface area contributed by atoms with Crippen LogP contribution >= 0.6 is 0 Å². The maximum atomic E-state index is 13.7. The van der Waals surface area contributed by atoms with E-state index in [-0.39, 0.29) is 63.8 Å². The van der Waals surface area contributed by atoms with Crippen LogP contribution in [0.15, 0.2) is 25.3 Å². The Morgan fingerprint density at radius 1 is 0.363 bits per heavy atom. The molecule has 0 radical (unpaired) electrons. The Hall–Kier alpha value is -2.14. The summed E-state index contributed by atoms with van der Waals surface area (Å²) >= 11 is 0. The van der Waals surface area contributed by atoms with Gasteiger partial charge < -0.3 is 39.0 Å². The van der Waals surface area contributed by atoms with Gasteiger partial charge in [-0.3, -0.25) is 28.8 Å². The zero-order valence-corrected chi connectivity index (χ0v) is 66.1. The molecule has 15 heteroatoms. The molecule has 0 rings (SSSR count). The third kappa shape index (κ3) is 69.0. The van der Waals surface area contributed by atoms with Gasteiger partial charge in [0.05, 0.1) is 12.2 Å². The predicted octanol–water partition coefficient (Wildman–Crippen LogP) is 17.1. The number of esters is 5. The minimum absolute atomic E-state index is 0. The van der Waals surface area contributed by atoms with Gasteiger partial charge in [-0.05, 0) is 175 Å². The number of aliphatic hydroxyl groups is 1. The number of ether oxygens (including phenoxy) is 5. The molecule has 0 aromatic carbocycles. The zero-order chi connectivity index (χ0) is 70.0. The number of carbonyl (C=O) groups excluding carboxylic acids is 5. The van der Waals surface area contributed by atoms with Crippen molar-refractivity contribution < 1.29 is 119 Å². The predicted molar refractivity (Wildman–Crippen MR) is 370 cm³/mol. The topological polar surface area (TPSA) is 212 Å². The number of carbonyl (C=O) groups is 6. The Bertz CT molecular complexity index is 1790. The van der Waals surface area contributed by atoms with Crippen molar-refractivity contribution in [2.24, 2.45) is 10.8 Å². The summed E-state index contributed by atoms with van der Waals surface area (Å²) in [6.07, 6.45) is 39.7. The van der Waals surface area contributed by atoms with Gasteiger partial charge in [-0.2, -0.15) is 0 Å². The molecule has 14 nitrogen and oxygen atoms in total. The van der Waals surface area contributed by atoms with Crippen LogP contribution in [0.2, 0.25) is 0 Å². The van der Waals surface area contributed by atoms with Crippen molar-refractivity contribution in [1.82, 2.24) is 0 Å². The van der Waals surface area contributed by atoms with Crippen molar-refractivity contribution in [3.05, 3.63) is 25.3 Å². The van der Waals surface area contributed by atoms with Crippen LogP contribution in [0, 0.1) is 10.8 Å². The number of carboxylic acids is 1. The largest absolute Gasteiger partial charge is 1.00 e. The maximum absolute atomic E-state index is 13.7. The van der Waals surface area contributed by atoms with Crippen LogP contribution in [0.3, 0.4) is 0 Å². The van der Waals surface area contributed by atoms with Crippen LogP contribution in [-0.2, 0) is 52.5 Å². The van der Waals surface area contributed by atoms with E-state index in [4.69, 9.17) is 33.9 Å². The summed E-state index contributed by atoms with van der Waals surface area (Å²) < 4.78 is 28.4. The molecule has 0 bridgehead atoms. The first-order valence-electron chi connectivity index (χ1n) is 35.5. The molecular formula is C76H143KO14. The van der Waals surface area contributed by atoms with Crippen molar-refractivity contribution in [2.75, 3.05) is 6.61 Å². The Labute approximate surface area is 602 Å². The van der Waals surface area contributed by atoms with E-state index in [0.29, 0.717) is 38.7 Å². The minimum atomic E-state index is -1.28. The number of hydrogen-bond donors (Lipinski definition) is 2. The van der Waals surface area contributed by atoms with Crippen molar-refractivity contribution >= 4 is 35.8 Å². The average molecular weight is 1320 g/mol. The van der Waals surface area contributed by atoms with Crippen LogP contribution in [0.25, 0.3) is 0 Å². The number of hydrogen-bond acceptors (Lipinski definition) is 13. The summed E-state index contributed by atoms with van der Waals surface area (Å²) in [6, 6.07) is 0. The van der Waals surface area contributed by atoms with Crippen LogP contribution in [0.4, 0.5) is 0 Å². The Morgan fingerprint density at radius 3 is 0.736 bits per heavy atom. The molecule has 2 N–H and O–H groups in total. The summed E-state index contributed by atoms with van der Waals surface area (Å²) in [7, 11) is 0. The number of rotatable bonds is 47. The molecule has 0 aliphatic rings. The standard InChI is InChI=1S/C35H64O6.C33H60O6.C4H10O.C4H9O.K/c1-9-11-12-13-14-16-19-22-25-28-35(31(37)40-33(3,4)5,32(38)41-34(6,7)8)29-26-23-20-17-15-18-21-24-27-30(36)39-10-2;1-8-9-10-11-12-14-17-20-23-26-33(29(36)38-31(2,3)4,30(37)39-32(5,6)7)27-24-21-18-15-13-16-19-22-25-28(34)35;2*1-4(2,3)5;/h9H,1,10-29H2,2-8H3;8H,1,9-27H2,2-7H3,(H,34,35);5H,1-3H3;1-3H3;/q;;;-1;+1. The summed E-state index contributed by atoms with van der Waals surface area (Å²) in [4.78, 5) is 76.6. The first-order chi connectivity index (χ1) is 41.5. The maximum Gasteiger partial charge on any atom is 1.00 e. The van der Waals surface area contributed by atoms with Gasteiger partial charge >= 0.3 is 87.2 Å². The van der Waals surface area contributed by atoms with Crippen molar-refractivity contribution in [3.63, 3.8) is 0 Å². The fraction of sp³-hybridized carbons (Fsp3) is 0.868. The van der Waals surface area contributed by atoms with Gasteiger partial charge in [-0.1, -0.05) is 200 Å². The molecule has 0 aliphatic heterocycles. The Balaban J connectivity index is -0.000000465. The Kier molecular flexibility index (Phi) is 58.9. The van der Waals surface area contributed by atoms with E-state index in [2.05, 4.69) is 13.2 Å². The van der Waals surface area contributed by atoms with Crippen molar-refractivity contribution in [3.8, 4) is 0 Å². The van der Waals surface area contributed by atoms with E-state index < -0.39 is 74.3 Å². The summed E-state index contributed by atoms with van der Waals surface area (Å²) in [5.41, 5.74) is -6.52. The van der Waals surface area contributed by atoms with Crippen LogP contribution in [-0.4, -0.2) is 86.2 Å². The van der Waals surface area contributed by atoms with Gasteiger partial charge in [0.1, 0.15) is 22.4 Å². The summed E-state index contributed by atoms with van der Waals surface area (Å²) in [5.74, 6) is -2.62. The van der Waals surface area contributed by atoms with E-state index in [1.807, 2.05) is 102 Å². The van der Waals surface area contributed by atoms with E-state index in [1.165, 1.54) is 51.4 Å². The molecule has 0 saturated heterocycles. The molecule has 0 aromatic heterocycles. The van der Waals surface area contributed by atoms with Gasteiger partial charge in [-0.15, -0.1) is 18.8 Å². The molecule has 91 heavy (non-hydrogen) atoms. The zero-order valence-electron chi connectivity index (χ0n) is 62.9. The first-order valence-corrected chi connectivity index (χ1v) is 35.5. The number of unbranched alkanes of at least 4 members (excludes halogenated alkanes) is 28. The molecule has 0 aromatic rings. The van der Waals surface area contributed by atoms with E-state index >= 15 is 0 Å². The van der Waals surface area contributed by atoms with E-state index in [0.717, 1.165) is 154 Å². The van der Waals surface area contributed by atoms with E-state index in [9.17, 15) is 33.9 Å². The van der Waals surface area contributed by atoms with E-state index in [1.54, 1.807) is 41.5 Å². The first kappa shape index (κ1) is 97.5. The normalized spacial score (nSPS) is 12.1. The minimum Gasteiger partial charge on any atom is -0.850 e. The molecule has 0 saturated carbocycles. The summed E-state index contributed by atoms with van der Waals surface area (Å²) in [5, 5.41) is 27.4. The van der Waals surface area contributed by atoms with Gasteiger partial charge in [-0.25, -0.2) is 0 Å². The summed E-state index contributed by atoms with van der Waals surface area (Å²) in [6.45, 7) is 42.1. The van der Waals surface area contributed by atoms with Gasteiger partial charge in [0.2, 0.25) is 0 Å². The molecule has 0 unspecified atom stereocenters. The molecular weight excluding hydrogens is 1180 g/mol. The molecule has 532 valence electrons. The number of aliphatic carboxylic acids is 1. The quantitative estimate of drug-likeness (QED) is 0.0145. The van der Waals surface area contributed by atoms with Crippen LogP contribution in [0.1, 0.15) is 376 Å². The number of carboxylic acid groups (broad SMARTS) is 1. The van der Waals surface area contributed by atoms with Gasteiger partial charge in [0.15, 0.2) is 10.8 Å². The number of allylic oxidation sites excluding steroid dienone is 2. The van der Waals surface area contributed by atoms with Gasteiger partial charge in [0, 0.05) is 12.8 Å². The third-order valence-electron chi connectivity index (χ3n) is 14.0. The molecule has 0 spiro atoms. The fourth-order valence-corrected chi connectivity index (χ4v) is 9.69. The van der Waals surface area contributed by atoms with Gasteiger partial charge in [0.25, 0.3) is 0 Å². The second-order valence-corrected chi connectivity index (χ2v) is 30.9. The van der Waals surface area contributed by atoms with Crippen LogP contribution in [0.5, 0.6) is 0 Å². The SMILES string of the molecule is C=CCCCCCCCCCC(CCCCCCCCCCC(=O)O)(C(=O)OC(C)(C)C)C(=O)OC(C)(C)C.C=CCCCCCCCCCC(CCCCCCCCCCC(=O)OCC)(C(=O)OC(C)(C)C)C(=O)OC(C)(C)C.CC(C)(C)O.CC(C)(C)[O-].[K+]. The van der Waals surface area contributed by atoms with Crippen molar-refractivity contribution in [1.29, 1.82) is 0 Å². The molecule has 0 amide bonds. The molecule has 0 fully saturated rings. The molecule has 0 atom stereocenters. The molecule has 0 heterocycles.